The Balaban J connectivity index is 0.000000371. The van der Waals surface area contributed by atoms with Crippen molar-refractivity contribution < 1.29 is 0 Å². The molecule has 1 rings (SSSR count). The van der Waals surface area contributed by atoms with E-state index in [4.69, 9.17) is 5.73 Å². The summed E-state index contributed by atoms with van der Waals surface area (Å²) in [6, 6.07) is 0. The van der Waals surface area contributed by atoms with E-state index >= 15 is 0 Å². The van der Waals surface area contributed by atoms with Crippen molar-refractivity contribution in [2.45, 2.75) is 13.8 Å². The monoisotopic (exact) mass is 203 g/mol. The van der Waals surface area contributed by atoms with Crippen LogP contribution in [-0.4, -0.2) is 9.97 Å². The maximum Gasteiger partial charge on any atom is 0.143 e. The fraction of sp³-hybridized carbons (Fsp3) is 0.333. The number of rotatable bonds is 0. The van der Waals surface area contributed by atoms with Gasteiger partial charge in [0.15, 0.2) is 0 Å². The zero-order chi connectivity index (χ0) is 7.98. The Morgan fingerprint density at radius 1 is 1.40 bits per heavy atom. The van der Waals surface area contributed by atoms with Crippen molar-refractivity contribution in [2.24, 2.45) is 0 Å². The van der Waals surface area contributed by atoms with E-state index in [-0.39, 0.29) is 0 Å². The molecule has 0 saturated carbocycles. The van der Waals surface area contributed by atoms with E-state index in [2.05, 4.69) is 25.9 Å². The van der Waals surface area contributed by atoms with Crippen LogP contribution in [0, 0.1) is 0 Å². The van der Waals surface area contributed by atoms with E-state index in [0.717, 1.165) is 0 Å². The quantitative estimate of drug-likeness (QED) is 0.701. The van der Waals surface area contributed by atoms with Crippen molar-refractivity contribution >= 4 is 21.7 Å². The van der Waals surface area contributed by atoms with Gasteiger partial charge >= 0.3 is 0 Å². The summed E-state index contributed by atoms with van der Waals surface area (Å²) in [7, 11) is 0. The molecule has 0 aliphatic rings. The van der Waals surface area contributed by atoms with E-state index in [9.17, 15) is 0 Å². The summed E-state index contributed by atoms with van der Waals surface area (Å²) in [4.78, 5) is 7.55. The topological polar surface area (TPSA) is 51.8 Å². The third-order valence-corrected chi connectivity index (χ3v) is 1.01. The maximum atomic E-state index is 5.26. The van der Waals surface area contributed by atoms with Crippen molar-refractivity contribution in [2.75, 3.05) is 5.73 Å². The number of nitrogen functional groups attached to an aromatic ring is 1. The van der Waals surface area contributed by atoms with Crippen molar-refractivity contribution in [1.29, 1.82) is 0 Å². The number of nitrogens with two attached hydrogens (primary N) is 1. The van der Waals surface area contributed by atoms with Crippen LogP contribution in [0.15, 0.2) is 17.0 Å². The minimum atomic E-state index is 0.430. The number of anilines is 1. The van der Waals surface area contributed by atoms with Crippen LogP contribution in [-0.2, 0) is 0 Å². The van der Waals surface area contributed by atoms with Gasteiger partial charge in [-0.3, -0.25) is 4.98 Å². The highest BCUT2D eigenvalue weighted by Crippen LogP contribution is 2.03. The predicted octanol–water partition coefficient (Wildman–Crippen LogP) is 1.85. The average molecular weight is 204 g/mol. The Morgan fingerprint density at radius 3 is 2.30 bits per heavy atom. The molecule has 0 radical (unpaired) electrons. The van der Waals surface area contributed by atoms with Gasteiger partial charge in [0.2, 0.25) is 0 Å². The zero-order valence-corrected chi connectivity index (χ0v) is 7.59. The summed E-state index contributed by atoms with van der Waals surface area (Å²) < 4.78 is 0.664. The lowest BCUT2D eigenvalue weighted by atomic mass is 10.7. The lowest BCUT2D eigenvalue weighted by molar-refractivity contribution is 1.18. The number of hydrogen-bond donors (Lipinski definition) is 1. The van der Waals surface area contributed by atoms with Crippen LogP contribution >= 0.6 is 15.9 Å². The van der Waals surface area contributed by atoms with Gasteiger partial charge in [-0.1, -0.05) is 13.8 Å². The van der Waals surface area contributed by atoms with Gasteiger partial charge in [-0.25, -0.2) is 4.98 Å². The van der Waals surface area contributed by atoms with E-state index in [0.29, 0.717) is 10.4 Å². The molecule has 0 unspecified atom stereocenters. The third-order valence-electron chi connectivity index (χ3n) is 0.624. The summed E-state index contributed by atoms with van der Waals surface area (Å²) in [6.07, 6.45) is 3.07. The summed E-state index contributed by atoms with van der Waals surface area (Å²) in [6.45, 7) is 4.00. The van der Waals surface area contributed by atoms with Gasteiger partial charge in [-0.05, 0) is 15.9 Å². The first-order valence-corrected chi connectivity index (χ1v) is 3.81. The number of nitrogens with zero attached hydrogens (tertiary/aromatic N) is 2. The first-order valence-electron chi connectivity index (χ1n) is 3.02. The standard InChI is InChI=1S/C4H4BrN3.C2H6/c5-3-1-7-2-4(6)8-3;1-2/h1-2H,(H2,6,8);1-2H3. The second kappa shape index (κ2) is 5.17. The molecule has 0 amide bonds. The fourth-order valence-electron chi connectivity index (χ4n) is 0.356. The molecule has 2 N–H and O–H groups in total. The van der Waals surface area contributed by atoms with E-state index in [1.54, 1.807) is 6.20 Å². The van der Waals surface area contributed by atoms with Gasteiger partial charge in [0.05, 0.1) is 12.4 Å². The Labute approximate surface area is 68.8 Å². The minimum absolute atomic E-state index is 0.430. The molecule has 0 fully saturated rings. The second-order valence-electron chi connectivity index (χ2n) is 1.27. The van der Waals surface area contributed by atoms with E-state index in [1.165, 1.54) is 6.20 Å². The lowest BCUT2D eigenvalue weighted by Crippen LogP contribution is -1.89. The SMILES string of the molecule is CC.Nc1cncc(Br)n1. The highest BCUT2D eigenvalue weighted by Gasteiger charge is 1.85. The smallest absolute Gasteiger partial charge is 0.143 e. The summed E-state index contributed by atoms with van der Waals surface area (Å²) in [5, 5.41) is 0. The van der Waals surface area contributed by atoms with Crippen LogP contribution in [0.2, 0.25) is 0 Å². The Bertz CT molecular complexity index is 173. The first-order chi connectivity index (χ1) is 4.79. The van der Waals surface area contributed by atoms with Crippen molar-refractivity contribution in [3.8, 4) is 0 Å². The van der Waals surface area contributed by atoms with Gasteiger partial charge in [0.1, 0.15) is 10.4 Å². The highest BCUT2D eigenvalue weighted by molar-refractivity contribution is 9.10. The molecule has 3 nitrogen and oxygen atoms in total. The number of aromatic nitrogens is 2. The van der Waals surface area contributed by atoms with Gasteiger partial charge in [-0.15, -0.1) is 0 Å². The number of hydrogen-bond acceptors (Lipinski definition) is 3. The van der Waals surface area contributed by atoms with Crippen LogP contribution in [0.4, 0.5) is 5.82 Å². The van der Waals surface area contributed by atoms with E-state index in [1.807, 2.05) is 13.8 Å². The highest BCUT2D eigenvalue weighted by atomic mass is 79.9. The minimum Gasteiger partial charge on any atom is -0.382 e. The van der Waals surface area contributed by atoms with Gasteiger partial charge in [0, 0.05) is 0 Å². The Morgan fingerprint density at radius 2 is 2.00 bits per heavy atom. The van der Waals surface area contributed by atoms with Gasteiger partial charge < -0.3 is 5.73 Å². The molecule has 10 heavy (non-hydrogen) atoms. The van der Waals surface area contributed by atoms with Crippen LogP contribution < -0.4 is 5.73 Å². The van der Waals surface area contributed by atoms with Crippen molar-refractivity contribution in [1.82, 2.24) is 9.97 Å². The maximum absolute atomic E-state index is 5.26. The molecule has 0 aromatic carbocycles. The average Bonchev–Trinajstić information content (AvgIpc) is 1.91. The van der Waals surface area contributed by atoms with Crippen LogP contribution in [0.5, 0.6) is 0 Å². The van der Waals surface area contributed by atoms with Crippen molar-refractivity contribution in [3.63, 3.8) is 0 Å². The molecule has 0 atom stereocenters. The van der Waals surface area contributed by atoms with Gasteiger partial charge in [0.25, 0.3) is 0 Å². The Kier molecular flexibility index (Phi) is 4.84. The molecule has 0 aliphatic carbocycles. The van der Waals surface area contributed by atoms with Crippen LogP contribution in [0.25, 0.3) is 0 Å². The molecule has 56 valence electrons. The third kappa shape index (κ3) is 3.40. The molecule has 1 aromatic heterocycles. The molecule has 0 bridgehead atoms. The molecule has 4 heteroatoms. The molecule has 0 aliphatic heterocycles. The Hall–Kier alpha value is -0.640. The normalized spacial score (nSPS) is 7.90. The largest absolute Gasteiger partial charge is 0.382 e. The van der Waals surface area contributed by atoms with Gasteiger partial charge in [-0.2, -0.15) is 0 Å². The fourth-order valence-corrected chi connectivity index (χ4v) is 0.679. The van der Waals surface area contributed by atoms with Crippen LogP contribution in [0.1, 0.15) is 13.8 Å². The second-order valence-corrected chi connectivity index (χ2v) is 2.08. The molecule has 1 heterocycles. The molecular weight excluding hydrogens is 194 g/mol. The predicted molar refractivity (Wildman–Crippen MR) is 45.5 cm³/mol. The lowest BCUT2D eigenvalue weighted by Gasteiger charge is -1.87. The number of halogens is 1. The summed E-state index contributed by atoms with van der Waals surface area (Å²) in [5.41, 5.74) is 5.26. The molecular formula is C6H10BrN3. The zero-order valence-electron chi connectivity index (χ0n) is 6.00. The molecule has 0 spiro atoms. The first kappa shape index (κ1) is 9.36. The van der Waals surface area contributed by atoms with Crippen molar-refractivity contribution in [3.05, 3.63) is 17.0 Å². The van der Waals surface area contributed by atoms with Crippen LogP contribution in [0.3, 0.4) is 0 Å². The molecule has 0 saturated heterocycles. The summed E-state index contributed by atoms with van der Waals surface area (Å²) >= 11 is 3.11. The molecule has 1 aromatic rings. The van der Waals surface area contributed by atoms with E-state index < -0.39 is 0 Å². The summed E-state index contributed by atoms with van der Waals surface area (Å²) in [5.74, 6) is 0.430.